The molecule has 0 amide bonds. The van der Waals surface area contributed by atoms with Crippen LogP contribution in [0.3, 0.4) is 0 Å². The van der Waals surface area contributed by atoms with E-state index in [0.717, 1.165) is 0 Å². The maximum atomic E-state index is 10.2. The Kier molecular flexibility index (Phi) is 4.01. The third-order valence-electron chi connectivity index (χ3n) is 0.507. The summed E-state index contributed by atoms with van der Waals surface area (Å²) in [5, 5.41) is 7.98. The van der Waals surface area contributed by atoms with Crippen LogP contribution in [0.25, 0.3) is 0 Å². The first-order chi connectivity index (χ1) is 4.18. The van der Waals surface area contributed by atoms with Crippen LogP contribution in [0, 0.1) is 0 Å². The van der Waals surface area contributed by atoms with Gasteiger partial charge in [-0.05, 0) is 0 Å². The van der Waals surface area contributed by atoms with Crippen LogP contribution in [0.4, 0.5) is 4.79 Å². The lowest BCUT2D eigenvalue weighted by molar-refractivity contribution is 0.214. The monoisotopic (exact) mass is 150 g/mol. The van der Waals surface area contributed by atoms with E-state index in [1.807, 2.05) is 0 Å². The zero-order valence-electron chi connectivity index (χ0n) is 4.66. The molecule has 0 aliphatic carbocycles. The maximum absolute atomic E-state index is 10.2. The molecule has 5 heteroatoms. The lowest BCUT2D eigenvalue weighted by atomic mass is 10.7. The van der Waals surface area contributed by atoms with E-state index in [1.165, 1.54) is 6.08 Å². The summed E-state index contributed by atoms with van der Waals surface area (Å²) in [6.45, 7) is 3.27. The van der Waals surface area contributed by atoms with Gasteiger partial charge >= 0.3 is 5.71 Å². The Morgan fingerprint density at radius 3 is 2.78 bits per heavy atom. The van der Waals surface area contributed by atoms with E-state index in [4.69, 9.17) is 5.11 Å². The van der Waals surface area contributed by atoms with E-state index >= 15 is 0 Å². The summed E-state index contributed by atoms with van der Waals surface area (Å²) in [4.78, 5) is 9.78. The molecule has 0 aromatic carbocycles. The van der Waals surface area contributed by atoms with Crippen LogP contribution in [0.15, 0.2) is 12.7 Å². The van der Waals surface area contributed by atoms with Crippen molar-refractivity contribution in [1.82, 2.24) is 0 Å². The van der Waals surface area contributed by atoms with Crippen LogP contribution in [0.1, 0.15) is 0 Å². The van der Waals surface area contributed by atoms with Crippen LogP contribution >= 0.6 is 8.03 Å². The predicted molar refractivity (Wildman–Crippen MR) is 33.2 cm³/mol. The minimum Gasteiger partial charge on any atom is -0.474 e. The second-order valence-electron chi connectivity index (χ2n) is 1.19. The Hall–Kier alpha value is -0.600. The molecule has 0 fully saturated rings. The number of carboxylic acid groups (broad SMARTS) is 1. The minimum absolute atomic E-state index is 0.0180. The average Bonchev–Trinajstić information content (AvgIpc) is 1.82. The fraction of sp³-hybridized carbons (Fsp3) is 0.250. The molecule has 1 N–H and O–H groups in total. The second kappa shape index (κ2) is 4.30. The van der Waals surface area contributed by atoms with Crippen molar-refractivity contribution in [2.24, 2.45) is 0 Å². The van der Waals surface area contributed by atoms with Gasteiger partial charge in [-0.1, -0.05) is 6.08 Å². The molecule has 1 atom stereocenters. The van der Waals surface area contributed by atoms with Crippen LogP contribution < -0.4 is 0 Å². The van der Waals surface area contributed by atoms with Gasteiger partial charge in [0.2, 0.25) is 0 Å². The van der Waals surface area contributed by atoms with E-state index in [0.29, 0.717) is 0 Å². The fourth-order valence-electron chi connectivity index (χ4n) is 0.196. The molecule has 52 valence electrons. The maximum Gasteiger partial charge on any atom is 0.386 e. The Balaban J connectivity index is 3.51. The molecule has 0 rings (SSSR count). The number of carbonyl (C=O) groups is 1. The zero-order chi connectivity index (χ0) is 7.28. The fourth-order valence-corrected chi connectivity index (χ4v) is 0.589. The van der Waals surface area contributed by atoms with Crippen LogP contribution in [-0.4, -0.2) is 17.4 Å². The quantitative estimate of drug-likeness (QED) is 0.485. The largest absolute Gasteiger partial charge is 0.474 e. The molecular weight excluding hydrogens is 143 g/mol. The number of hydrogen-bond donors (Lipinski definition) is 1. The molecule has 0 spiro atoms. The van der Waals surface area contributed by atoms with Gasteiger partial charge < -0.3 is 9.63 Å². The highest BCUT2D eigenvalue weighted by atomic mass is 31.1. The molecule has 0 saturated carbocycles. The van der Waals surface area contributed by atoms with Gasteiger partial charge in [0.05, 0.1) is 6.61 Å². The van der Waals surface area contributed by atoms with Gasteiger partial charge in [-0.2, -0.15) is 0 Å². The molecule has 9 heavy (non-hydrogen) atoms. The van der Waals surface area contributed by atoms with Gasteiger partial charge in [0, 0.05) is 0 Å². The van der Waals surface area contributed by atoms with Gasteiger partial charge in [-0.3, -0.25) is 4.57 Å². The SMILES string of the molecule is C=CCO[PH](=O)C(=O)O. The summed E-state index contributed by atoms with van der Waals surface area (Å²) in [6, 6.07) is 0. The van der Waals surface area contributed by atoms with Crippen LogP contribution in [-0.2, 0) is 9.09 Å². The Morgan fingerprint density at radius 1 is 1.89 bits per heavy atom. The molecule has 0 bridgehead atoms. The van der Waals surface area contributed by atoms with Crippen molar-refractivity contribution >= 4 is 13.7 Å². The van der Waals surface area contributed by atoms with Crippen molar-refractivity contribution in [2.75, 3.05) is 6.61 Å². The molecule has 0 heterocycles. The second-order valence-corrected chi connectivity index (χ2v) is 2.48. The van der Waals surface area contributed by atoms with Crippen molar-refractivity contribution in [1.29, 1.82) is 0 Å². The third-order valence-corrected chi connectivity index (χ3v) is 1.28. The standard InChI is InChI=1S/C4H7O4P/c1-2-3-8-9(7)4(5)6/h2,9H,1,3H2,(H,5,6). The normalized spacial score (nSPS) is 12.4. The average molecular weight is 150 g/mol. The Morgan fingerprint density at radius 2 is 2.44 bits per heavy atom. The Labute approximate surface area is 53.0 Å². The van der Waals surface area contributed by atoms with Gasteiger partial charge in [0.1, 0.15) is 0 Å². The Bertz CT molecular complexity index is 142. The van der Waals surface area contributed by atoms with E-state index < -0.39 is 13.7 Å². The first-order valence-corrected chi connectivity index (χ1v) is 3.51. The summed E-state index contributed by atoms with van der Waals surface area (Å²) in [7, 11) is -2.87. The molecule has 0 saturated heterocycles. The first kappa shape index (κ1) is 8.40. The molecule has 0 aromatic rings. The van der Waals surface area contributed by atoms with Crippen LogP contribution in [0.2, 0.25) is 0 Å². The molecular formula is C4H7O4P. The predicted octanol–water partition coefficient (Wildman–Crippen LogP) is 1.34. The summed E-state index contributed by atoms with van der Waals surface area (Å²) >= 11 is 0. The number of rotatable bonds is 4. The molecule has 4 nitrogen and oxygen atoms in total. The van der Waals surface area contributed by atoms with Crippen molar-refractivity contribution in [2.45, 2.75) is 0 Å². The molecule has 0 radical (unpaired) electrons. The lowest BCUT2D eigenvalue weighted by Gasteiger charge is -1.92. The molecule has 0 aromatic heterocycles. The third kappa shape index (κ3) is 3.94. The van der Waals surface area contributed by atoms with Crippen molar-refractivity contribution in [3.8, 4) is 0 Å². The van der Waals surface area contributed by atoms with Gasteiger partial charge in [-0.15, -0.1) is 6.58 Å². The van der Waals surface area contributed by atoms with E-state index in [-0.39, 0.29) is 6.61 Å². The summed E-state index contributed by atoms with van der Waals surface area (Å²) in [5.41, 5.74) is -1.40. The highest BCUT2D eigenvalue weighted by Gasteiger charge is 2.06. The topological polar surface area (TPSA) is 63.6 Å². The van der Waals surface area contributed by atoms with Crippen molar-refractivity contribution in [3.63, 3.8) is 0 Å². The molecule has 1 unspecified atom stereocenters. The van der Waals surface area contributed by atoms with E-state index in [9.17, 15) is 9.36 Å². The van der Waals surface area contributed by atoms with Crippen molar-refractivity contribution in [3.05, 3.63) is 12.7 Å². The van der Waals surface area contributed by atoms with E-state index in [2.05, 4.69) is 11.1 Å². The van der Waals surface area contributed by atoms with Crippen LogP contribution in [0.5, 0.6) is 0 Å². The van der Waals surface area contributed by atoms with Gasteiger partial charge in [0.15, 0.2) is 0 Å². The summed E-state index contributed by atoms with van der Waals surface area (Å²) < 4.78 is 14.5. The molecule has 0 aliphatic heterocycles. The van der Waals surface area contributed by atoms with E-state index in [1.54, 1.807) is 0 Å². The van der Waals surface area contributed by atoms with Crippen molar-refractivity contribution < 1.29 is 19.0 Å². The highest BCUT2D eigenvalue weighted by molar-refractivity contribution is 7.58. The number of hydrogen-bond acceptors (Lipinski definition) is 3. The highest BCUT2D eigenvalue weighted by Crippen LogP contribution is 2.21. The summed E-state index contributed by atoms with van der Waals surface area (Å²) in [6.07, 6.45) is 1.34. The summed E-state index contributed by atoms with van der Waals surface area (Å²) in [5.74, 6) is 0. The van der Waals surface area contributed by atoms with Gasteiger partial charge in [-0.25, -0.2) is 4.79 Å². The first-order valence-electron chi connectivity index (χ1n) is 2.19. The van der Waals surface area contributed by atoms with Gasteiger partial charge in [0.25, 0.3) is 8.03 Å². The zero-order valence-corrected chi connectivity index (χ0v) is 5.66. The lowest BCUT2D eigenvalue weighted by Crippen LogP contribution is -1.87. The smallest absolute Gasteiger partial charge is 0.386 e. The molecule has 0 aliphatic rings. The minimum atomic E-state index is -2.87.